The van der Waals surface area contributed by atoms with Crippen LogP contribution in [0.4, 0.5) is 0 Å². The molecule has 0 saturated carbocycles. The predicted molar refractivity (Wildman–Crippen MR) is 88.8 cm³/mol. The minimum atomic E-state index is -3.27. The molecule has 3 rings (SSSR count). The second-order valence-electron chi connectivity index (χ2n) is 6.11. The van der Waals surface area contributed by atoms with Crippen LogP contribution in [0.5, 0.6) is 0 Å². The molecule has 1 amide bonds. The molecule has 132 valence electrons. The van der Waals surface area contributed by atoms with E-state index in [-0.39, 0.29) is 30.4 Å². The largest absolute Gasteiger partial charge is 0.481 e. The third-order valence-corrected chi connectivity index (χ3v) is 4.87. The number of hydrogen-bond acceptors (Lipinski definition) is 5. The molecule has 1 atom stereocenters. The Labute approximate surface area is 144 Å². The number of aliphatic carboxylic acids is 1. The maximum absolute atomic E-state index is 12.6. The molecule has 8 heteroatoms. The molecule has 7 nitrogen and oxygen atoms in total. The van der Waals surface area contributed by atoms with Crippen LogP contribution in [0.2, 0.25) is 0 Å². The summed E-state index contributed by atoms with van der Waals surface area (Å²) in [6, 6.07) is 9.98. The Morgan fingerprint density at radius 3 is 2.64 bits per heavy atom. The highest BCUT2D eigenvalue weighted by Gasteiger charge is 2.33. The molecule has 25 heavy (non-hydrogen) atoms. The fraction of sp³-hybridized carbons (Fsp3) is 0.294. The number of amides is 1. The van der Waals surface area contributed by atoms with Gasteiger partial charge >= 0.3 is 5.97 Å². The molecule has 1 aliphatic heterocycles. The molecule has 1 aliphatic rings. The monoisotopic (exact) mass is 363 g/mol. The summed E-state index contributed by atoms with van der Waals surface area (Å²) < 4.78 is 28.0. The molecule has 2 aromatic rings. The molecule has 0 bridgehead atoms. The van der Waals surface area contributed by atoms with Crippen molar-refractivity contribution in [1.29, 1.82) is 0 Å². The lowest BCUT2D eigenvalue weighted by molar-refractivity contribution is -0.139. The summed E-state index contributed by atoms with van der Waals surface area (Å²) in [5.41, 5.74) is 1.48. The highest BCUT2D eigenvalue weighted by Crippen LogP contribution is 2.29. The van der Waals surface area contributed by atoms with E-state index in [0.717, 1.165) is 11.8 Å². The van der Waals surface area contributed by atoms with E-state index in [1.165, 1.54) is 17.0 Å². The van der Waals surface area contributed by atoms with Crippen molar-refractivity contribution < 1.29 is 27.5 Å². The molecule has 0 spiro atoms. The second kappa shape index (κ2) is 6.36. The lowest BCUT2D eigenvalue weighted by Crippen LogP contribution is -2.40. The Hall–Kier alpha value is -2.61. The number of carboxylic acids is 1. The average molecular weight is 363 g/mol. The summed E-state index contributed by atoms with van der Waals surface area (Å²) in [6.07, 6.45) is 1.08. The Bertz CT molecular complexity index is 930. The number of carbonyl (C=O) groups is 2. The number of nitrogens with zero attached hydrogens (tertiary/aromatic N) is 1. The van der Waals surface area contributed by atoms with Crippen LogP contribution in [-0.4, -0.2) is 43.1 Å². The zero-order chi connectivity index (χ0) is 18.2. The third kappa shape index (κ3) is 3.74. The number of fused-ring (bicyclic) bond motifs is 1. The first kappa shape index (κ1) is 17.2. The molecule has 0 saturated heterocycles. The number of furan rings is 1. The summed E-state index contributed by atoms with van der Waals surface area (Å²) in [4.78, 5) is 25.6. The fourth-order valence-electron chi connectivity index (χ4n) is 2.96. The van der Waals surface area contributed by atoms with Crippen molar-refractivity contribution in [2.45, 2.75) is 18.2 Å². The van der Waals surface area contributed by atoms with Crippen LogP contribution >= 0.6 is 0 Å². The summed E-state index contributed by atoms with van der Waals surface area (Å²) >= 11 is 0. The van der Waals surface area contributed by atoms with Crippen molar-refractivity contribution >= 4 is 21.7 Å². The minimum Gasteiger partial charge on any atom is -0.481 e. The van der Waals surface area contributed by atoms with Gasteiger partial charge in [-0.15, -0.1) is 0 Å². The smallest absolute Gasteiger partial charge is 0.312 e. The first-order valence-corrected chi connectivity index (χ1v) is 9.67. The lowest BCUT2D eigenvalue weighted by Gasteiger charge is -2.32. The van der Waals surface area contributed by atoms with Crippen LogP contribution in [0.3, 0.4) is 0 Å². The van der Waals surface area contributed by atoms with Gasteiger partial charge in [0.1, 0.15) is 11.5 Å². The first-order chi connectivity index (χ1) is 11.7. The third-order valence-electron chi connectivity index (χ3n) is 4.06. The lowest BCUT2D eigenvalue weighted by atomic mass is 9.89. The molecule has 1 aromatic heterocycles. The van der Waals surface area contributed by atoms with Crippen molar-refractivity contribution in [2.24, 2.45) is 0 Å². The van der Waals surface area contributed by atoms with E-state index in [1.807, 2.05) is 0 Å². The first-order valence-electron chi connectivity index (χ1n) is 7.61. The Morgan fingerprint density at radius 1 is 1.24 bits per heavy atom. The van der Waals surface area contributed by atoms with E-state index in [1.54, 1.807) is 24.3 Å². The Kier molecular flexibility index (Phi) is 4.38. The highest BCUT2D eigenvalue weighted by molar-refractivity contribution is 7.89. The molecule has 0 aliphatic carbocycles. The predicted octanol–water partition coefficient (Wildman–Crippen LogP) is 1.65. The molecule has 1 N–H and O–H groups in total. The molecular weight excluding hydrogens is 346 g/mol. The number of carbonyl (C=O) groups excluding carboxylic acids is 1. The maximum Gasteiger partial charge on any atom is 0.312 e. The van der Waals surface area contributed by atoms with E-state index >= 15 is 0 Å². The molecule has 2 heterocycles. The van der Waals surface area contributed by atoms with E-state index in [2.05, 4.69) is 0 Å². The van der Waals surface area contributed by atoms with Crippen molar-refractivity contribution in [3.05, 3.63) is 59.0 Å². The Morgan fingerprint density at radius 2 is 1.96 bits per heavy atom. The van der Waals surface area contributed by atoms with Gasteiger partial charge < -0.3 is 14.4 Å². The summed E-state index contributed by atoms with van der Waals surface area (Å²) in [6.45, 7) is 0.314. The van der Waals surface area contributed by atoms with Gasteiger partial charge in [0, 0.05) is 19.3 Å². The van der Waals surface area contributed by atoms with Crippen LogP contribution in [-0.2, 0) is 26.9 Å². The molecule has 0 fully saturated rings. The van der Waals surface area contributed by atoms with E-state index in [4.69, 9.17) is 4.42 Å². The van der Waals surface area contributed by atoms with Gasteiger partial charge in [-0.25, -0.2) is 8.42 Å². The fourth-order valence-corrected chi connectivity index (χ4v) is 3.63. The normalized spacial score (nSPS) is 17.2. The van der Waals surface area contributed by atoms with Crippen molar-refractivity contribution in [1.82, 2.24) is 4.90 Å². The molecule has 1 aromatic carbocycles. The minimum absolute atomic E-state index is 0.00201. The van der Waals surface area contributed by atoms with Gasteiger partial charge in [-0.2, -0.15) is 0 Å². The quantitative estimate of drug-likeness (QED) is 0.885. The van der Waals surface area contributed by atoms with Crippen molar-refractivity contribution in [3.63, 3.8) is 0 Å². The topological polar surface area (TPSA) is 105 Å². The SMILES string of the molecule is CS(=O)(=O)Cc1ccc(C(=O)N2Cc3ccccc3C(C(=O)O)C2)o1. The van der Waals surface area contributed by atoms with Crippen LogP contribution in [0.1, 0.15) is 33.4 Å². The number of carboxylic acid groups (broad SMARTS) is 1. The zero-order valence-electron chi connectivity index (χ0n) is 13.5. The number of hydrogen-bond donors (Lipinski definition) is 1. The van der Waals surface area contributed by atoms with Crippen LogP contribution < -0.4 is 0 Å². The van der Waals surface area contributed by atoms with E-state index in [0.29, 0.717) is 5.56 Å². The van der Waals surface area contributed by atoms with E-state index < -0.39 is 27.6 Å². The number of benzene rings is 1. The molecular formula is C17H17NO6S. The van der Waals surface area contributed by atoms with Crippen LogP contribution in [0.15, 0.2) is 40.8 Å². The Balaban J connectivity index is 1.85. The average Bonchev–Trinajstić information content (AvgIpc) is 2.99. The van der Waals surface area contributed by atoms with Gasteiger partial charge in [0.25, 0.3) is 5.91 Å². The van der Waals surface area contributed by atoms with Gasteiger partial charge in [-0.05, 0) is 23.3 Å². The van der Waals surface area contributed by atoms with Gasteiger partial charge in [-0.3, -0.25) is 9.59 Å². The van der Waals surface area contributed by atoms with Gasteiger partial charge in [0.05, 0.1) is 5.92 Å². The highest BCUT2D eigenvalue weighted by atomic mass is 32.2. The van der Waals surface area contributed by atoms with E-state index in [9.17, 15) is 23.1 Å². The van der Waals surface area contributed by atoms with Crippen molar-refractivity contribution in [3.8, 4) is 0 Å². The zero-order valence-corrected chi connectivity index (χ0v) is 14.3. The van der Waals surface area contributed by atoms with Crippen molar-refractivity contribution in [2.75, 3.05) is 12.8 Å². The molecule has 0 radical (unpaired) electrons. The summed E-state index contributed by atoms with van der Waals surface area (Å²) in [7, 11) is -3.27. The molecule has 1 unspecified atom stereocenters. The van der Waals surface area contributed by atoms with Gasteiger partial charge in [0.15, 0.2) is 15.6 Å². The second-order valence-corrected chi connectivity index (χ2v) is 8.25. The van der Waals surface area contributed by atoms with Crippen LogP contribution in [0.25, 0.3) is 0 Å². The van der Waals surface area contributed by atoms with Gasteiger partial charge in [0.2, 0.25) is 0 Å². The van der Waals surface area contributed by atoms with Gasteiger partial charge in [-0.1, -0.05) is 24.3 Å². The number of rotatable bonds is 4. The standard InChI is InChI=1S/C17H17NO6S/c1-25(22,23)10-12-6-7-15(24-12)16(19)18-8-11-4-2-3-5-13(11)14(9-18)17(20)21/h2-7,14H,8-10H2,1H3,(H,20,21). The number of sulfone groups is 1. The summed E-state index contributed by atoms with van der Waals surface area (Å²) in [5, 5.41) is 9.46. The maximum atomic E-state index is 12.6. The van der Waals surface area contributed by atoms with Crippen LogP contribution in [0, 0.1) is 0 Å². The summed E-state index contributed by atoms with van der Waals surface area (Å²) in [5.74, 6) is -2.37.